The minimum atomic E-state index is -0.841. The number of carbonyl (C=O) groups excluding carboxylic acids is 2. The number of rotatable bonds is 3. The first-order valence-corrected chi connectivity index (χ1v) is 7.07. The summed E-state index contributed by atoms with van der Waals surface area (Å²) in [5, 5.41) is 0. The first kappa shape index (κ1) is 15.5. The third kappa shape index (κ3) is 2.67. The SMILES string of the molecule is CN1CN(c2c(F)cc(N3C[C@@H](CN)OC3=O)cc2F)CC1=O. The smallest absolute Gasteiger partial charge is 0.414 e. The third-order valence-corrected chi connectivity index (χ3v) is 3.90. The first-order valence-electron chi connectivity index (χ1n) is 7.07. The zero-order valence-electron chi connectivity index (χ0n) is 12.5. The number of anilines is 2. The summed E-state index contributed by atoms with van der Waals surface area (Å²) in [6, 6.07) is 2.11. The highest BCUT2D eigenvalue weighted by atomic mass is 19.1. The van der Waals surface area contributed by atoms with Crippen LogP contribution < -0.4 is 15.5 Å². The van der Waals surface area contributed by atoms with Crippen molar-refractivity contribution >= 4 is 23.4 Å². The van der Waals surface area contributed by atoms with E-state index in [0.717, 1.165) is 17.0 Å². The number of amides is 2. The van der Waals surface area contributed by atoms with Crippen LogP contribution in [-0.2, 0) is 9.53 Å². The molecule has 2 N–H and O–H groups in total. The number of nitrogens with two attached hydrogens (primary N) is 1. The van der Waals surface area contributed by atoms with Gasteiger partial charge in [-0.1, -0.05) is 0 Å². The molecule has 0 radical (unpaired) electrons. The molecule has 0 spiro atoms. The summed E-state index contributed by atoms with van der Waals surface area (Å²) in [7, 11) is 1.56. The second-order valence-electron chi connectivity index (χ2n) is 5.54. The summed E-state index contributed by atoms with van der Waals surface area (Å²) >= 11 is 0. The molecule has 3 rings (SSSR count). The first-order chi connectivity index (χ1) is 10.9. The van der Waals surface area contributed by atoms with E-state index < -0.39 is 23.8 Å². The molecule has 0 saturated carbocycles. The molecule has 0 unspecified atom stereocenters. The molecule has 2 fully saturated rings. The topological polar surface area (TPSA) is 79.1 Å². The molecule has 0 aliphatic carbocycles. The van der Waals surface area contributed by atoms with Crippen LogP contribution in [0.5, 0.6) is 0 Å². The molecule has 23 heavy (non-hydrogen) atoms. The minimum Gasteiger partial charge on any atom is -0.443 e. The van der Waals surface area contributed by atoms with Crippen molar-refractivity contribution in [3.8, 4) is 0 Å². The Labute approximate surface area is 131 Å². The van der Waals surface area contributed by atoms with Gasteiger partial charge in [-0.15, -0.1) is 0 Å². The largest absolute Gasteiger partial charge is 0.443 e. The van der Waals surface area contributed by atoms with Crippen molar-refractivity contribution in [1.82, 2.24) is 4.90 Å². The van der Waals surface area contributed by atoms with Gasteiger partial charge >= 0.3 is 6.09 Å². The van der Waals surface area contributed by atoms with Crippen LogP contribution in [0.25, 0.3) is 0 Å². The number of likely N-dealkylation sites (N-methyl/N-ethyl adjacent to an activating group) is 1. The van der Waals surface area contributed by atoms with Crippen LogP contribution in [0.4, 0.5) is 25.0 Å². The van der Waals surface area contributed by atoms with Crippen LogP contribution in [0.1, 0.15) is 0 Å². The number of ether oxygens (including phenoxy) is 1. The molecule has 2 saturated heterocycles. The quantitative estimate of drug-likeness (QED) is 0.874. The molecule has 9 heteroatoms. The Morgan fingerprint density at radius 1 is 1.30 bits per heavy atom. The predicted molar refractivity (Wildman–Crippen MR) is 78.0 cm³/mol. The Morgan fingerprint density at radius 2 is 1.96 bits per heavy atom. The van der Waals surface area contributed by atoms with E-state index in [0.29, 0.717) is 0 Å². The van der Waals surface area contributed by atoms with Crippen LogP contribution in [0.3, 0.4) is 0 Å². The van der Waals surface area contributed by atoms with Crippen LogP contribution >= 0.6 is 0 Å². The normalized spacial score (nSPS) is 21.4. The summed E-state index contributed by atoms with van der Waals surface area (Å²) < 4.78 is 33.7. The highest BCUT2D eigenvalue weighted by Crippen LogP contribution is 2.32. The van der Waals surface area contributed by atoms with Gasteiger partial charge in [0.25, 0.3) is 0 Å². The number of cyclic esters (lactones) is 1. The van der Waals surface area contributed by atoms with Gasteiger partial charge in [0.1, 0.15) is 11.8 Å². The Balaban J connectivity index is 1.89. The fraction of sp³-hybridized carbons (Fsp3) is 0.429. The van der Waals surface area contributed by atoms with E-state index in [2.05, 4.69) is 0 Å². The van der Waals surface area contributed by atoms with Gasteiger partial charge in [-0.2, -0.15) is 0 Å². The van der Waals surface area contributed by atoms with E-state index in [1.54, 1.807) is 7.05 Å². The number of benzene rings is 1. The molecule has 1 aromatic carbocycles. The van der Waals surface area contributed by atoms with Gasteiger partial charge in [-0.3, -0.25) is 9.69 Å². The molecule has 2 heterocycles. The molecule has 124 valence electrons. The van der Waals surface area contributed by atoms with Gasteiger partial charge < -0.3 is 20.3 Å². The maximum absolute atomic E-state index is 14.4. The highest BCUT2D eigenvalue weighted by Gasteiger charge is 2.34. The summed E-state index contributed by atoms with van der Waals surface area (Å²) in [6.45, 7) is 0.281. The van der Waals surface area contributed by atoms with Gasteiger partial charge in [0.05, 0.1) is 25.4 Å². The maximum atomic E-state index is 14.4. The monoisotopic (exact) mass is 326 g/mol. The second-order valence-corrected chi connectivity index (χ2v) is 5.54. The van der Waals surface area contributed by atoms with Gasteiger partial charge in [0.2, 0.25) is 5.91 Å². The fourth-order valence-corrected chi connectivity index (χ4v) is 2.68. The molecule has 1 atom stereocenters. The van der Waals surface area contributed by atoms with E-state index in [1.165, 1.54) is 9.80 Å². The standard InChI is InChI=1S/C14H16F2N4O3/c1-18-7-19(6-12(18)21)13-10(15)2-8(3-11(13)16)20-5-9(4-17)23-14(20)22/h2-3,9H,4-7,17H2,1H3/t9-/m1/s1. The number of carbonyl (C=O) groups is 2. The lowest BCUT2D eigenvalue weighted by Crippen LogP contribution is -2.28. The molecular formula is C14H16F2N4O3. The molecular weight excluding hydrogens is 310 g/mol. The van der Waals surface area contributed by atoms with Gasteiger partial charge in [0, 0.05) is 25.7 Å². The van der Waals surface area contributed by atoms with E-state index >= 15 is 0 Å². The molecule has 2 amide bonds. The van der Waals surface area contributed by atoms with E-state index in [9.17, 15) is 18.4 Å². The van der Waals surface area contributed by atoms with Crippen molar-refractivity contribution in [3.63, 3.8) is 0 Å². The number of hydrogen-bond donors (Lipinski definition) is 1. The average molecular weight is 326 g/mol. The van der Waals surface area contributed by atoms with Crippen molar-refractivity contribution in [2.75, 3.05) is 43.2 Å². The predicted octanol–water partition coefficient (Wildman–Crippen LogP) is 0.485. The van der Waals surface area contributed by atoms with Crippen molar-refractivity contribution in [2.45, 2.75) is 6.10 Å². The van der Waals surface area contributed by atoms with E-state index in [1.807, 2.05) is 0 Å². The van der Waals surface area contributed by atoms with Crippen LogP contribution in [0, 0.1) is 11.6 Å². The second kappa shape index (κ2) is 5.65. The van der Waals surface area contributed by atoms with Crippen LogP contribution in [0.15, 0.2) is 12.1 Å². The van der Waals surface area contributed by atoms with Crippen LogP contribution in [0.2, 0.25) is 0 Å². The Bertz CT molecular complexity index is 646. The maximum Gasteiger partial charge on any atom is 0.414 e. The Hall–Kier alpha value is -2.42. The van der Waals surface area contributed by atoms with Crippen molar-refractivity contribution < 1.29 is 23.1 Å². The zero-order valence-corrected chi connectivity index (χ0v) is 12.5. The Kier molecular flexibility index (Phi) is 3.80. The van der Waals surface area contributed by atoms with Crippen molar-refractivity contribution in [3.05, 3.63) is 23.8 Å². The van der Waals surface area contributed by atoms with Gasteiger partial charge in [-0.25, -0.2) is 13.6 Å². The third-order valence-electron chi connectivity index (χ3n) is 3.90. The zero-order chi connectivity index (χ0) is 16.7. The van der Waals surface area contributed by atoms with Crippen molar-refractivity contribution in [1.29, 1.82) is 0 Å². The molecule has 2 aliphatic rings. The molecule has 1 aromatic rings. The molecule has 0 aromatic heterocycles. The average Bonchev–Trinajstić information content (AvgIpc) is 3.01. The summed E-state index contributed by atoms with van der Waals surface area (Å²) in [6.07, 6.45) is -1.19. The van der Waals surface area contributed by atoms with Crippen molar-refractivity contribution in [2.24, 2.45) is 5.73 Å². The summed E-state index contributed by atoms with van der Waals surface area (Å²) in [4.78, 5) is 27.1. The van der Waals surface area contributed by atoms with E-state index in [4.69, 9.17) is 10.5 Å². The van der Waals surface area contributed by atoms with Crippen LogP contribution in [-0.4, -0.2) is 56.4 Å². The number of nitrogens with zero attached hydrogens (tertiary/aromatic N) is 3. The molecule has 0 bridgehead atoms. The molecule has 7 nitrogen and oxygen atoms in total. The van der Waals surface area contributed by atoms with Gasteiger partial charge in [0.15, 0.2) is 11.6 Å². The van der Waals surface area contributed by atoms with Gasteiger partial charge in [-0.05, 0) is 0 Å². The lowest BCUT2D eigenvalue weighted by atomic mass is 10.2. The number of hydrogen-bond acceptors (Lipinski definition) is 5. The fourth-order valence-electron chi connectivity index (χ4n) is 2.68. The minimum absolute atomic E-state index is 0.0589. The molecule has 2 aliphatic heterocycles. The summed E-state index contributed by atoms with van der Waals surface area (Å²) in [5.74, 6) is -1.90. The number of halogens is 2. The summed E-state index contributed by atoms with van der Waals surface area (Å²) in [5.41, 5.74) is 5.21. The Morgan fingerprint density at radius 3 is 2.43 bits per heavy atom. The van der Waals surface area contributed by atoms with E-state index in [-0.39, 0.29) is 43.6 Å². The highest BCUT2D eigenvalue weighted by molar-refractivity contribution is 5.90. The lowest BCUT2D eigenvalue weighted by Gasteiger charge is -2.21. The lowest BCUT2D eigenvalue weighted by molar-refractivity contribution is -0.125.